The van der Waals surface area contributed by atoms with Crippen molar-refractivity contribution in [1.29, 1.82) is 0 Å². The van der Waals surface area contributed by atoms with Crippen molar-refractivity contribution >= 4 is 5.91 Å². The second kappa shape index (κ2) is 7.59. The highest BCUT2D eigenvalue weighted by Crippen LogP contribution is 2.19. The van der Waals surface area contributed by atoms with Gasteiger partial charge in [-0.15, -0.1) is 0 Å². The van der Waals surface area contributed by atoms with Gasteiger partial charge in [-0.3, -0.25) is 9.78 Å². The van der Waals surface area contributed by atoms with E-state index in [0.717, 1.165) is 5.69 Å². The number of ether oxygens (including phenoxy) is 1. The molecule has 2 rings (SSSR count). The zero-order valence-corrected chi connectivity index (χ0v) is 13.2. The van der Waals surface area contributed by atoms with Gasteiger partial charge in [0, 0.05) is 6.20 Å². The number of nitrogens with one attached hydrogen (secondary N) is 1. The fraction of sp³-hybridized carbons (Fsp3) is 0.333. The number of aromatic nitrogens is 1. The highest BCUT2D eigenvalue weighted by molar-refractivity contribution is 5.80. The van der Waals surface area contributed by atoms with Crippen LogP contribution in [0, 0.1) is 0 Å². The van der Waals surface area contributed by atoms with Gasteiger partial charge in [0.2, 0.25) is 0 Å². The number of carbonyl (C=O) groups excluding carboxylic acids is 1. The van der Waals surface area contributed by atoms with E-state index in [1.807, 2.05) is 42.5 Å². The van der Waals surface area contributed by atoms with Crippen molar-refractivity contribution in [1.82, 2.24) is 10.3 Å². The van der Waals surface area contributed by atoms with E-state index in [0.29, 0.717) is 18.2 Å². The van der Waals surface area contributed by atoms with Crippen LogP contribution in [0.3, 0.4) is 0 Å². The molecule has 0 fully saturated rings. The van der Waals surface area contributed by atoms with Crippen molar-refractivity contribution < 1.29 is 9.53 Å². The molecule has 4 nitrogen and oxygen atoms in total. The Bertz CT molecular complexity index is 594. The minimum Gasteiger partial charge on any atom is -0.481 e. The summed E-state index contributed by atoms with van der Waals surface area (Å²) in [7, 11) is 0. The van der Waals surface area contributed by atoms with Gasteiger partial charge in [-0.05, 0) is 42.7 Å². The van der Waals surface area contributed by atoms with Crippen molar-refractivity contribution in [3.63, 3.8) is 0 Å². The number of hydrogen-bond donors (Lipinski definition) is 1. The van der Waals surface area contributed by atoms with Crippen molar-refractivity contribution in [2.75, 3.05) is 0 Å². The van der Waals surface area contributed by atoms with Gasteiger partial charge in [0.25, 0.3) is 5.91 Å². The molecule has 0 aliphatic carbocycles. The van der Waals surface area contributed by atoms with E-state index in [4.69, 9.17) is 4.74 Å². The van der Waals surface area contributed by atoms with E-state index in [1.54, 1.807) is 13.1 Å². The zero-order chi connectivity index (χ0) is 15.9. The molecular formula is C18H22N2O2. The van der Waals surface area contributed by atoms with Crippen LogP contribution in [0.1, 0.15) is 37.9 Å². The van der Waals surface area contributed by atoms with Gasteiger partial charge in [0.1, 0.15) is 5.75 Å². The molecule has 1 heterocycles. The third-order valence-electron chi connectivity index (χ3n) is 3.40. The Morgan fingerprint density at radius 2 is 1.86 bits per heavy atom. The lowest BCUT2D eigenvalue weighted by molar-refractivity contribution is -0.127. The normalized spacial score (nSPS) is 12.0. The maximum absolute atomic E-state index is 12.0. The van der Waals surface area contributed by atoms with Gasteiger partial charge in [-0.25, -0.2) is 0 Å². The summed E-state index contributed by atoms with van der Waals surface area (Å²) in [4.78, 5) is 16.2. The summed E-state index contributed by atoms with van der Waals surface area (Å²) in [6, 6.07) is 13.5. The third-order valence-corrected chi connectivity index (χ3v) is 3.40. The van der Waals surface area contributed by atoms with E-state index < -0.39 is 6.10 Å². The van der Waals surface area contributed by atoms with Gasteiger partial charge < -0.3 is 10.1 Å². The molecule has 1 N–H and O–H groups in total. The van der Waals surface area contributed by atoms with Crippen LogP contribution in [0.2, 0.25) is 0 Å². The largest absolute Gasteiger partial charge is 0.481 e. The first-order valence-corrected chi connectivity index (χ1v) is 7.50. The Hall–Kier alpha value is -2.36. The molecule has 0 saturated heterocycles. The first-order chi connectivity index (χ1) is 10.6. The maximum Gasteiger partial charge on any atom is 0.261 e. The van der Waals surface area contributed by atoms with Gasteiger partial charge in [0.05, 0.1) is 12.2 Å². The summed E-state index contributed by atoms with van der Waals surface area (Å²) in [6.45, 7) is 6.43. The molecule has 1 aromatic heterocycles. The molecule has 1 atom stereocenters. The lowest BCUT2D eigenvalue weighted by Gasteiger charge is -2.15. The third kappa shape index (κ3) is 4.58. The van der Waals surface area contributed by atoms with Gasteiger partial charge in [0.15, 0.2) is 6.10 Å². The highest BCUT2D eigenvalue weighted by atomic mass is 16.5. The Labute approximate surface area is 131 Å². The molecule has 2 aromatic rings. The van der Waals surface area contributed by atoms with E-state index >= 15 is 0 Å². The van der Waals surface area contributed by atoms with E-state index in [1.165, 1.54) is 5.56 Å². The molecule has 1 unspecified atom stereocenters. The smallest absolute Gasteiger partial charge is 0.261 e. The quantitative estimate of drug-likeness (QED) is 0.890. The number of pyridine rings is 1. The lowest BCUT2D eigenvalue weighted by Crippen LogP contribution is -2.36. The average molecular weight is 298 g/mol. The Morgan fingerprint density at radius 3 is 2.45 bits per heavy atom. The molecule has 1 aromatic carbocycles. The number of nitrogens with zero attached hydrogens (tertiary/aromatic N) is 1. The molecule has 0 radical (unpaired) electrons. The van der Waals surface area contributed by atoms with E-state index in [-0.39, 0.29) is 5.91 Å². The molecule has 4 heteroatoms. The van der Waals surface area contributed by atoms with Crippen LogP contribution in [0.5, 0.6) is 5.75 Å². The minimum absolute atomic E-state index is 0.154. The van der Waals surface area contributed by atoms with Crippen molar-refractivity contribution in [2.24, 2.45) is 0 Å². The van der Waals surface area contributed by atoms with Crippen molar-refractivity contribution in [3.05, 3.63) is 59.9 Å². The van der Waals surface area contributed by atoms with Crippen LogP contribution in [0.25, 0.3) is 0 Å². The van der Waals surface area contributed by atoms with Crippen LogP contribution in [-0.4, -0.2) is 17.0 Å². The summed E-state index contributed by atoms with van der Waals surface area (Å²) < 4.78 is 5.67. The topological polar surface area (TPSA) is 51.2 Å². The molecule has 0 saturated carbocycles. The van der Waals surface area contributed by atoms with Crippen LogP contribution in [-0.2, 0) is 11.3 Å². The molecular weight excluding hydrogens is 276 g/mol. The Balaban J connectivity index is 1.85. The summed E-state index contributed by atoms with van der Waals surface area (Å²) in [5, 5.41) is 2.82. The van der Waals surface area contributed by atoms with E-state index in [2.05, 4.69) is 24.1 Å². The fourth-order valence-electron chi connectivity index (χ4n) is 2.01. The van der Waals surface area contributed by atoms with Gasteiger partial charge in [-0.1, -0.05) is 32.0 Å². The number of rotatable bonds is 6. The predicted molar refractivity (Wildman–Crippen MR) is 86.7 cm³/mol. The standard InChI is InChI=1S/C18H22N2O2/c1-13(2)15-7-9-17(10-8-15)22-14(3)18(21)20-12-16-6-4-5-11-19-16/h4-11,13-14H,12H2,1-3H3,(H,20,21). The van der Waals surface area contributed by atoms with Crippen LogP contribution >= 0.6 is 0 Å². The lowest BCUT2D eigenvalue weighted by atomic mass is 10.0. The first-order valence-electron chi connectivity index (χ1n) is 7.50. The van der Waals surface area contributed by atoms with Crippen LogP contribution in [0.4, 0.5) is 0 Å². The van der Waals surface area contributed by atoms with Crippen LogP contribution < -0.4 is 10.1 Å². The highest BCUT2D eigenvalue weighted by Gasteiger charge is 2.14. The van der Waals surface area contributed by atoms with Crippen molar-refractivity contribution in [2.45, 2.75) is 39.3 Å². The summed E-state index contributed by atoms with van der Waals surface area (Å²) in [5.41, 5.74) is 2.07. The molecule has 22 heavy (non-hydrogen) atoms. The first kappa shape index (κ1) is 16.0. The maximum atomic E-state index is 12.0. The number of benzene rings is 1. The zero-order valence-electron chi connectivity index (χ0n) is 13.2. The summed E-state index contributed by atoms with van der Waals surface area (Å²) >= 11 is 0. The molecule has 0 bridgehead atoms. The average Bonchev–Trinajstić information content (AvgIpc) is 2.54. The van der Waals surface area contributed by atoms with Crippen LogP contribution in [0.15, 0.2) is 48.7 Å². The SMILES string of the molecule is CC(Oc1ccc(C(C)C)cc1)C(=O)NCc1ccccn1. The molecule has 116 valence electrons. The minimum atomic E-state index is -0.548. The monoisotopic (exact) mass is 298 g/mol. The molecule has 0 aliphatic heterocycles. The van der Waals surface area contributed by atoms with Gasteiger partial charge in [-0.2, -0.15) is 0 Å². The number of amides is 1. The summed E-state index contributed by atoms with van der Waals surface area (Å²) in [6.07, 6.45) is 1.16. The van der Waals surface area contributed by atoms with Gasteiger partial charge >= 0.3 is 0 Å². The summed E-state index contributed by atoms with van der Waals surface area (Å²) in [5.74, 6) is 1.02. The fourth-order valence-corrected chi connectivity index (χ4v) is 2.01. The Morgan fingerprint density at radius 1 is 1.14 bits per heavy atom. The number of carbonyl (C=O) groups is 1. The van der Waals surface area contributed by atoms with E-state index in [9.17, 15) is 4.79 Å². The molecule has 0 aliphatic rings. The second-order valence-corrected chi connectivity index (χ2v) is 5.52. The second-order valence-electron chi connectivity index (χ2n) is 5.52. The molecule has 0 spiro atoms. The van der Waals surface area contributed by atoms with Crippen molar-refractivity contribution in [3.8, 4) is 5.75 Å². The Kier molecular flexibility index (Phi) is 5.53. The molecule has 1 amide bonds. The number of hydrogen-bond acceptors (Lipinski definition) is 3. The predicted octanol–water partition coefficient (Wildman–Crippen LogP) is 3.29.